The molecule has 2 aromatic carbocycles. The van der Waals surface area contributed by atoms with Gasteiger partial charge in [-0.05, 0) is 36.1 Å². The highest BCUT2D eigenvalue weighted by atomic mass is 16.5. The van der Waals surface area contributed by atoms with Crippen molar-refractivity contribution < 1.29 is 19.4 Å². The third-order valence-electron chi connectivity index (χ3n) is 4.00. The predicted octanol–water partition coefficient (Wildman–Crippen LogP) is 2.88. The number of benzene rings is 2. The Morgan fingerprint density at radius 3 is 2.48 bits per heavy atom. The minimum atomic E-state index is -0.794. The fourth-order valence-corrected chi connectivity index (χ4v) is 2.57. The molecule has 25 heavy (non-hydrogen) atoms. The van der Waals surface area contributed by atoms with E-state index in [1.54, 1.807) is 32.4 Å². The SMILES string of the molecule is COc1ccc(C(O)CNC(=O)CCCc2ccccc2)cc1OC. The van der Waals surface area contributed by atoms with Crippen LogP contribution in [-0.2, 0) is 11.2 Å². The Bertz CT molecular complexity index is 673. The zero-order valence-corrected chi connectivity index (χ0v) is 14.7. The first-order chi connectivity index (χ1) is 12.1. The van der Waals surface area contributed by atoms with E-state index in [1.165, 1.54) is 5.56 Å². The molecule has 0 radical (unpaired) electrons. The molecule has 0 saturated carbocycles. The van der Waals surface area contributed by atoms with Crippen molar-refractivity contribution in [2.75, 3.05) is 20.8 Å². The number of carbonyl (C=O) groups is 1. The molecule has 1 unspecified atom stereocenters. The van der Waals surface area contributed by atoms with Crippen LogP contribution in [0.25, 0.3) is 0 Å². The van der Waals surface area contributed by atoms with Gasteiger partial charge in [-0.25, -0.2) is 0 Å². The molecule has 0 bridgehead atoms. The minimum Gasteiger partial charge on any atom is -0.493 e. The average molecular weight is 343 g/mol. The zero-order chi connectivity index (χ0) is 18.1. The molecule has 2 rings (SSSR count). The van der Waals surface area contributed by atoms with Crippen LogP contribution >= 0.6 is 0 Å². The number of ether oxygens (including phenoxy) is 2. The van der Waals surface area contributed by atoms with Crippen molar-refractivity contribution in [3.63, 3.8) is 0 Å². The van der Waals surface area contributed by atoms with Crippen LogP contribution in [-0.4, -0.2) is 31.8 Å². The molecule has 0 saturated heterocycles. The van der Waals surface area contributed by atoms with Gasteiger partial charge in [-0.1, -0.05) is 36.4 Å². The standard InChI is InChI=1S/C20H25NO4/c1-24-18-12-11-16(13-19(18)25-2)17(22)14-21-20(23)10-6-9-15-7-4-3-5-8-15/h3-5,7-8,11-13,17,22H,6,9-10,14H2,1-2H3,(H,21,23). The van der Waals surface area contributed by atoms with Crippen LogP contribution < -0.4 is 14.8 Å². The van der Waals surface area contributed by atoms with Crippen molar-refractivity contribution in [1.82, 2.24) is 5.32 Å². The summed E-state index contributed by atoms with van der Waals surface area (Å²) in [6.07, 6.45) is 1.29. The second-order valence-corrected chi connectivity index (χ2v) is 5.77. The number of methoxy groups -OCH3 is 2. The lowest BCUT2D eigenvalue weighted by atomic mass is 10.1. The quantitative estimate of drug-likeness (QED) is 0.735. The normalized spacial score (nSPS) is 11.6. The van der Waals surface area contributed by atoms with Gasteiger partial charge in [0.25, 0.3) is 0 Å². The number of aryl methyl sites for hydroxylation is 1. The summed E-state index contributed by atoms with van der Waals surface area (Å²) < 4.78 is 10.4. The minimum absolute atomic E-state index is 0.0598. The zero-order valence-electron chi connectivity index (χ0n) is 14.7. The maximum absolute atomic E-state index is 11.9. The number of carbonyl (C=O) groups excluding carboxylic acids is 1. The maximum Gasteiger partial charge on any atom is 0.220 e. The van der Waals surface area contributed by atoms with E-state index in [-0.39, 0.29) is 12.5 Å². The van der Waals surface area contributed by atoms with Gasteiger partial charge >= 0.3 is 0 Å². The summed E-state index contributed by atoms with van der Waals surface area (Å²) in [4.78, 5) is 11.9. The number of rotatable bonds is 9. The molecule has 0 aromatic heterocycles. The highest BCUT2D eigenvalue weighted by molar-refractivity contribution is 5.75. The largest absolute Gasteiger partial charge is 0.493 e. The van der Waals surface area contributed by atoms with Crippen LogP contribution in [0.1, 0.15) is 30.1 Å². The molecule has 0 aliphatic heterocycles. The van der Waals surface area contributed by atoms with E-state index < -0.39 is 6.10 Å². The molecule has 2 aromatic rings. The van der Waals surface area contributed by atoms with Crippen molar-refractivity contribution in [3.05, 3.63) is 59.7 Å². The van der Waals surface area contributed by atoms with Crippen LogP contribution in [0.15, 0.2) is 48.5 Å². The molecule has 1 amide bonds. The molecule has 134 valence electrons. The number of aliphatic hydroxyl groups is 1. The van der Waals surface area contributed by atoms with E-state index in [4.69, 9.17) is 9.47 Å². The molecular weight excluding hydrogens is 318 g/mol. The predicted molar refractivity (Wildman–Crippen MR) is 96.9 cm³/mol. The van der Waals surface area contributed by atoms with Gasteiger partial charge in [0.2, 0.25) is 5.91 Å². The molecule has 0 heterocycles. The van der Waals surface area contributed by atoms with Crippen LogP contribution in [0.3, 0.4) is 0 Å². The second kappa shape index (κ2) is 9.69. The molecule has 1 atom stereocenters. The summed E-state index contributed by atoms with van der Waals surface area (Å²) in [5, 5.41) is 13.0. The van der Waals surface area contributed by atoms with Gasteiger partial charge in [0, 0.05) is 13.0 Å². The molecule has 5 nitrogen and oxygen atoms in total. The Morgan fingerprint density at radius 2 is 1.80 bits per heavy atom. The lowest BCUT2D eigenvalue weighted by Gasteiger charge is -2.15. The highest BCUT2D eigenvalue weighted by Gasteiger charge is 2.13. The smallest absolute Gasteiger partial charge is 0.220 e. The Morgan fingerprint density at radius 1 is 1.08 bits per heavy atom. The maximum atomic E-state index is 11.9. The van der Waals surface area contributed by atoms with E-state index in [0.29, 0.717) is 23.5 Å². The topological polar surface area (TPSA) is 67.8 Å². The van der Waals surface area contributed by atoms with Gasteiger partial charge in [0.15, 0.2) is 11.5 Å². The summed E-state index contributed by atoms with van der Waals surface area (Å²) in [6.45, 7) is 0.166. The van der Waals surface area contributed by atoms with Crippen molar-refractivity contribution in [3.8, 4) is 11.5 Å². The summed E-state index contributed by atoms with van der Waals surface area (Å²) in [5.74, 6) is 1.09. The van der Waals surface area contributed by atoms with Crippen molar-refractivity contribution >= 4 is 5.91 Å². The fraction of sp³-hybridized carbons (Fsp3) is 0.350. The van der Waals surface area contributed by atoms with Crippen molar-refractivity contribution in [2.24, 2.45) is 0 Å². The summed E-state index contributed by atoms with van der Waals surface area (Å²) in [7, 11) is 3.10. The number of amides is 1. The second-order valence-electron chi connectivity index (χ2n) is 5.77. The van der Waals surface area contributed by atoms with Gasteiger partial charge in [-0.2, -0.15) is 0 Å². The van der Waals surface area contributed by atoms with E-state index in [0.717, 1.165) is 12.8 Å². The van der Waals surface area contributed by atoms with Crippen LogP contribution in [0.2, 0.25) is 0 Å². The van der Waals surface area contributed by atoms with E-state index >= 15 is 0 Å². The molecule has 0 spiro atoms. The summed E-state index contributed by atoms with van der Waals surface area (Å²) in [6, 6.07) is 15.3. The average Bonchev–Trinajstić information content (AvgIpc) is 2.66. The number of aliphatic hydroxyl groups excluding tert-OH is 1. The number of hydrogen-bond acceptors (Lipinski definition) is 4. The fourth-order valence-electron chi connectivity index (χ4n) is 2.57. The van der Waals surface area contributed by atoms with Gasteiger partial charge in [-0.3, -0.25) is 4.79 Å². The van der Waals surface area contributed by atoms with Crippen molar-refractivity contribution in [1.29, 1.82) is 0 Å². The third-order valence-corrected chi connectivity index (χ3v) is 4.00. The van der Waals surface area contributed by atoms with Gasteiger partial charge in [0.1, 0.15) is 0 Å². The van der Waals surface area contributed by atoms with Crippen LogP contribution in [0.4, 0.5) is 0 Å². The lowest BCUT2D eigenvalue weighted by molar-refractivity contribution is -0.121. The number of hydrogen-bond donors (Lipinski definition) is 2. The molecule has 0 aliphatic carbocycles. The highest BCUT2D eigenvalue weighted by Crippen LogP contribution is 2.29. The first-order valence-corrected chi connectivity index (χ1v) is 8.34. The Balaban J connectivity index is 1.77. The van der Waals surface area contributed by atoms with E-state index in [1.807, 2.05) is 18.2 Å². The molecule has 0 aliphatic rings. The van der Waals surface area contributed by atoms with E-state index in [9.17, 15) is 9.90 Å². The molecular formula is C20H25NO4. The van der Waals surface area contributed by atoms with Crippen LogP contribution in [0, 0.1) is 0 Å². The van der Waals surface area contributed by atoms with Gasteiger partial charge < -0.3 is 19.9 Å². The monoisotopic (exact) mass is 343 g/mol. The number of nitrogens with one attached hydrogen (secondary N) is 1. The first kappa shape index (κ1) is 18.8. The first-order valence-electron chi connectivity index (χ1n) is 8.34. The molecule has 5 heteroatoms. The van der Waals surface area contributed by atoms with Gasteiger partial charge in [0.05, 0.1) is 20.3 Å². The van der Waals surface area contributed by atoms with E-state index in [2.05, 4.69) is 17.4 Å². The van der Waals surface area contributed by atoms with Crippen LogP contribution in [0.5, 0.6) is 11.5 Å². The third kappa shape index (κ3) is 5.80. The Kier molecular flexibility index (Phi) is 7.29. The Labute approximate surface area is 148 Å². The van der Waals surface area contributed by atoms with Crippen molar-refractivity contribution in [2.45, 2.75) is 25.4 Å². The lowest BCUT2D eigenvalue weighted by Crippen LogP contribution is -2.28. The summed E-state index contributed by atoms with van der Waals surface area (Å²) in [5.41, 5.74) is 1.89. The molecule has 0 fully saturated rings. The van der Waals surface area contributed by atoms with Gasteiger partial charge in [-0.15, -0.1) is 0 Å². The summed E-state index contributed by atoms with van der Waals surface area (Å²) >= 11 is 0. The molecule has 2 N–H and O–H groups in total. The Hall–Kier alpha value is -2.53.